The van der Waals surface area contributed by atoms with E-state index < -0.39 is 12.1 Å². The van der Waals surface area contributed by atoms with Gasteiger partial charge in [-0.3, -0.25) is 14.4 Å². The molecule has 0 rings (SSSR count). The second kappa shape index (κ2) is 62.4. The highest BCUT2D eigenvalue weighted by molar-refractivity contribution is 5.71. The molecule has 0 aromatic heterocycles. The SMILES string of the molecule is CC/C=C\C/C=C\C/C=C\C/C=C\C/C=C\C/C=C\CCCCCCCCCCCCCCC(=O)OCC(COC(=O)CCCCCCCCCCCCCCC)OC(=O)CC/C=C\C/C=C\C/C=C\C/C=C\CC. The molecular weight excluding hydrogens is 925 g/mol. The number of carbonyl (C=O) groups is 3. The number of allylic oxidation sites excluding steroid dienone is 20. The highest BCUT2D eigenvalue weighted by Crippen LogP contribution is 2.16. The van der Waals surface area contributed by atoms with Crippen molar-refractivity contribution < 1.29 is 28.6 Å². The number of hydrogen-bond donors (Lipinski definition) is 0. The van der Waals surface area contributed by atoms with Crippen molar-refractivity contribution in [1.82, 2.24) is 0 Å². The fourth-order valence-electron chi connectivity index (χ4n) is 8.40. The maximum Gasteiger partial charge on any atom is 0.306 e. The van der Waals surface area contributed by atoms with Crippen LogP contribution in [-0.2, 0) is 28.6 Å². The first-order valence-electron chi connectivity index (χ1n) is 31.0. The lowest BCUT2D eigenvalue weighted by atomic mass is 10.0. The van der Waals surface area contributed by atoms with E-state index in [2.05, 4.69) is 130 Å². The minimum Gasteiger partial charge on any atom is -0.462 e. The average Bonchev–Trinajstić information content (AvgIpc) is 3.41. The van der Waals surface area contributed by atoms with E-state index in [0.29, 0.717) is 19.3 Å². The summed E-state index contributed by atoms with van der Waals surface area (Å²) in [5.41, 5.74) is 0. The van der Waals surface area contributed by atoms with Crippen molar-refractivity contribution in [3.63, 3.8) is 0 Å². The van der Waals surface area contributed by atoms with Crippen molar-refractivity contribution in [2.75, 3.05) is 13.2 Å². The molecule has 0 aliphatic heterocycles. The Labute approximate surface area is 462 Å². The maximum absolute atomic E-state index is 12.8. The second-order valence-electron chi connectivity index (χ2n) is 20.2. The number of unbranched alkanes of at least 4 members (excludes halogenated alkanes) is 24. The highest BCUT2D eigenvalue weighted by Gasteiger charge is 2.19. The van der Waals surface area contributed by atoms with Crippen molar-refractivity contribution >= 4 is 17.9 Å². The highest BCUT2D eigenvalue weighted by atomic mass is 16.6. The van der Waals surface area contributed by atoms with Gasteiger partial charge in [0, 0.05) is 19.3 Å². The first kappa shape index (κ1) is 70.8. The van der Waals surface area contributed by atoms with Gasteiger partial charge >= 0.3 is 17.9 Å². The van der Waals surface area contributed by atoms with E-state index >= 15 is 0 Å². The molecule has 0 fully saturated rings. The predicted octanol–water partition coefficient (Wildman–Crippen LogP) is 21.2. The number of carbonyl (C=O) groups excluding carboxylic acids is 3. The zero-order valence-electron chi connectivity index (χ0n) is 48.8. The smallest absolute Gasteiger partial charge is 0.306 e. The van der Waals surface area contributed by atoms with Crippen LogP contribution in [0, 0.1) is 0 Å². The molecule has 1 unspecified atom stereocenters. The third-order valence-corrected chi connectivity index (χ3v) is 13.0. The molecule has 426 valence electrons. The van der Waals surface area contributed by atoms with E-state index in [0.717, 1.165) is 103 Å². The third-order valence-electron chi connectivity index (χ3n) is 13.0. The molecule has 0 aliphatic rings. The standard InChI is InChI=1S/C69H114O6/c1-4-7-10-13-16-19-22-25-26-27-28-29-30-31-32-33-34-35-36-37-38-39-40-41-42-45-47-50-53-56-59-62-68(71)74-65-66(75-69(72)63-60-57-54-51-48-44-24-21-18-15-12-9-6-3)64-73-67(70)61-58-55-52-49-46-43-23-20-17-14-11-8-5-2/h7,9-10,12,16,18-19,21,25-26,28-29,31-32,34-35,44,48,54,57,66H,4-6,8,11,13-15,17,20,22-24,27,30,33,36-43,45-47,49-53,55-56,58-65H2,1-3H3/b10-7-,12-9-,19-16-,21-18-,26-25-,29-28-,32-31-,35-34-,48-44-,57-54-. The molecular formula is C69H114O6. The Morgan fingerprint density at radius 3 is 0.867 bits per heavy atom. The minimum atomic E-state index is -0.817. The summed E-state index contributed by atoms with van der Waals surface area (Å²) in [4.78, 5) is 38.1. The molecule has 75 heavy (non-hydrogen) atoms. The minimum absolute atomic E-state index is 0.106. The monoisotopic (exact) mass is 1040 g/mol. The fraction of sp³-hybridized carbons (Fsp3) is 0.667. The Balaban J connectivity index is 4.24. The van der Waals surface area contributed by atoms with Gasteiger partial charge in [0.25, 0.3) is 0 Å². The molecule has 6 heteroatoms. The van der Waals surface area contributed by atoms with Crippen LogP contribution < -0.4 is 0 Å². The van der Waals surface area contributed by atoms with Gasteiger partial charge in [0.1, 0.15) is 13.2 Å². The van der Waals surface area contributed by atoms with Gasteiger partial charge in [-0.05, 0) is 96.3 Å². The molecule has 6 nitrogen and oxygen atoms in total. The lowest BCUT2D eigenvalue weighted by molar-refractivity contribution is -0.166. The summed E-state index contributed by atoms with van der Waals surface area (Å²) in [5, 5.41) is 0. The summed E-state index contributed by atoms with van der Waals surface area (Å²) >= 11 is 0. The molecule has 0 amide bonds. The molecule has 1 atom stereocenters. The van der Waals surface area contributed by atoms with Gasteiger partial charge in [-0.25, -0.2) is 0 Å². The van der Waals surface area contributed by atoms with E-state index in [1.165, 1.54) is 128 Å². The van der Waals surface area contributed by atoms with Gasteiger partial charge < -0.3 is 14.2 Å². The third kappa shape index (κ3) is 60.6. The molecule has 0 aromatic rings. The number of rotatable bonds is 55. The van der Waals surface area contributed by atoms with Crippen LogP contribution in [0.4, 0.5) is 0 Å². The van der Waals surface area contributed by atoms with Crippen LogP contribution in [-0.4, -0.2) is 37.2 Å². The quantitative estimate of drug-likeness (QED) is 0.0261. The molecule has 0 saturated heterocycles. The molecule has 0 radical (unpaired) electrons. The Bertz CT molecular complexity index is 1570. The second-order valence-corrected chi connectivity index (χ2v) is 20.2. The fourth-order valence-corrected chi connectivity index (χ4v) is 8.40. The summed E-state index contributed by atoms with van der Waals surface area (Å²) in [6.45, 7) is 6.35. The van der Waals surface area contributed by atoms with Crippen molar-refractivity contribution in [3.05, 3.63) is 122 Å². The molecule has 0 N–H and O–H groups in total. The van der Waals surface area contributed by atoms with Crippen molar-refractivity contribution in [2.45, 2.75) is 284 Å². The van der Waals surface area contributed by atoms with Crippen molar-refractivity contribution in [3.8, 4) is 0 Å². The van der Waals surface area contributed by atoms with Crippen LogP contribution in [0.3, 0.4) is 0 Å². The largest absolute Gasteiger partial charge is 0.462 e. The molecule has 0 heterocycles. The van der Waals surface area contributed by atoms with Gasteiger partial charge in [-0.1, -0.05) is 284 Å². The van der Waals surface area contributed by atoms with E-state index in [1.54, 1.807) is 0 Å². The van der Waals surface area contributed by atoms with E-state index in [9.17, 15) is 14.4 Å². The molecule has 0 spiro atoms. The van der Waals surface area contributed by atoms with Gasteiger partial charge in [0.15, 0.2) is 6.10 Å². The lowest BCUT2D eigenvalue weighted by Crippen LogP contribution is -2.30. The molecule has 0 aromatic carbocycles. The van der Waals surface area contributed by atoms with Crippen LogP contribution in [0.5, 0.6) is 0 Å². The maximum atomic E-state index is 12.8. The zero-order chi connectivity index (χ0) is 54.3. The predicted molar refractivity (Wildman–Crippen MR) is 325 cm³/mol. The first-order chi connectivity index (χ1) is 37.0. The van der Waals surface area contributed by atoms with Gasteiger partial charge in [-0.15, -0.1) is 0 Å². The number of ether oxygens (including phenoxy) is 3. The van der Waals surface area contributed by atoms with Gasteiger partial charge in [0.2, 0.25) is 0 Å². The van der Waals surface area contributed by atoms with Crippen LogP contribution in [0.1, 0.15) is 278 Å². The van der Waals surface area contributed by atoms with Crippen LogP contribution >= 0.6 is 0 Å². The van der Waals surface area contributed by atoms with Gasteiger partial charge in [-0.2, -0.15) is 0 Å². The Morgan fingerprint density at radius 2 is 0.547 bits per heavy atom. The van der Waals surface area contributed by atoms with Crippen molar-refractivity contribution in [2.24, 2.45) is 0 Å². The van der Waals surface area contributed by atoms with E-state index in [1.807, 2.05) is 12.2 Å². The van der Waals surface area contributed by atoms with Crippen LogP contribution in [0.2, 0.25) is 0 Å². The first-order valence-corrected chi connectivity index (χ1v) is 31.0. The molecule has 0 saturated carbocycles. The Morgan fingerprint density at radius 1 is 0.280 bits per heavy atom. The van der Waals surface area contributed by atoms with Gasteiger partial charge in [0.05, 0.1) is 0 Å². The number of hydrogen-bond acceptors (Lipinski definition) is 6. The number of esters is 3. The van der Waals surface area contributed by atoms with Crippen molar-refractivity contribution in [1.29, 1.82) is 0 Å². The Kier molecular flexibility index (Phi) is 58.9. The summed E-state index contributed by atoms with van der Waals surface area (Å²) in [5.74, 6) is -0.987. The molecule has 0 bridgehead atoms. The normalized spacial score (nSPS) is 12.9. The average molecular weight is 1040 g/mol. The topological polar surface area (TPSA) is 78.9 Å². The van der Waals surface area contributed by atoms with E-state index in [4.69, 9.17) is 14.2 Å². The van der Waals surface area contributed by atoms with E-state index in [-0.39, 0.29) is 31.6 Å². The van der Waals surface area contributed by atoms with Crippen LogP contribution in [0.25, 0.3) is 0 Å². The summed E-state index contributed by atoms with van der Waals surface area (Å²) in [6.07, 6.45) is 86.5. The summed E-state index contributed by atoms with van der Waals surface area (Å²) in [7, 11) is 0. The lowest BCUT2D eigenvalue weighted by Gasteiger charge is -2.18. The summed E-state index contributed by atoms with van der Waals surface area (Å²) < 4.78 is 16.8. The summed E-state index contributed by atoms with van der Waals surface area (Å²) in [6, 6.07) is 0. The molecule has 0 aliphatic carbocycles. The van der Waals surface area contributed by atoms with Crippen LogP contribution in [0.15, 0.2) is 122 Å². The Hall–Kier alpha value is -4.19. The zero-order valence-corrected chi connectivity index (χ0v) is 48.8.